The molecule has 0 bridgehead atoms. The summed E-state index contributed by atoms with van der Waals surface area (Å²) < 4.78 is 5.10. The molecule has 0 aliphatic carbocycles. The van der Waals surface area contributed by atoms with Crippen LogP contribution in [0.3, 0.4) is 0 Å². The van der Waals surface area contributed by atoms with Crippen LogP contribution in [0, 0.1) is 24.0 Å². The molecular formula is C15H17N3O3. The van der Waals surface area contributed by atoms with Gasteiger partial charge in [0.1, 0.15) is 17.1 Å². The monoisotopic (exact) mass is 287 g/mol. The minimum absolute atomic E-state index is 0.0223. The lowest BCUT2D eigenvalue weighted by atomic mass is 10.2. The zero-order chi connectivity index (χ0) is 15.4. The van der Waals surface area contributed by atoms with E-state index < -0.39 is 4.92 Å². The fourth-order valence-corrected chi connectivity index (χ4v) is 2.13. The van der Waals surface area contributed by atoms with E-state index in [1.807, 2.05) is 31.2 Å². The summed E-state index contributed by atoms with van der Waals surface area (Å²) in [7, 11) is 1.61. The standard InChI is InChI=1S/C15H17N3O3/c1-10-8-14(15(18(19)20)11(2)17-10)16-9-12-4-6-13(21-3)7-5-12/h4-8H,9H2,1-3H3,(H,16,17). The van der Waals surface area contributed by atoms with E-state index in [-0.39, 0.29) is 5.69 Å². The van der Waals surface area contributed by atoms with E-state index in [2.05, 4.69) is 10.3 Å². The number of hydrogen-bond acceptors (Lipinski definition) is 5. The summed E-state index contributed by atoms with van der Waals surface area (Å²) in [5, 5.41) is 14.3. The minimum atomic E-state index is -0.405. The Hall–Kier alpha value is -2.63. The van der Waals surface area contributed by atoms with Crippen LogP contribution in [0.5, 0.6) is 5.75 Å². The van der Waals surface area contributed by atoms with Crippen molar-refractivity contribution in [2.24, 2.45) is 0 Å². The first kappa shape index (κ1) is 14.8. The Labute approximate surface area is 122 Å². The number of anilines is 1. The number of hydrogen-bond donors (Lipinski definition) is 1. The normalized spacial score (nSPS) is 10.2. The third-order valence-corrected chi connectivity index (χ3v) is 3.12. The van der Waals surface area contributed by atoms with E-state index >= 15 is 0 Å². The van der Waals surface area contributed by atoms with Gasteiger partial charge in [-0.1, -0.05) is 12.1 Å². The largest absolute Gasteiger partial charge is 0.497 e. The molecule has 0 unspecified atom stereocenters. The molecule has 2 aromatic rings. The maximum Gasteiger partial charge on any atom is 0.313 e. The van der Waals surface area contributed by atoms with Gasteiger partial charge < -0.3 is 10.1 Å². The SMILES string of the molecule is COc1ccc(CNc2cc(C)nc(C)c2[N+](=O)[O-])cc1. The van der Waals surface area contributed by atoms with Gasteiger partial charge in [-0.25, -0.2) is 0 Å². The maximum atomic E-state index is 11.2. The van der Waals surface area contributed by atoms with Crippen LogP contribution < -0.4 is 10.1 Å². The summed E-state index contributed by atoms with van der Waals surface area (Å²) in [6.07, 6.45) is 0. The van der Waals surface area contributed by atoms with Crippen molar-refractivity contribution in [3.63, 3.8) is 0 Å². The molecule has 6 heteroatoms. The fraction of sp³-hybridized carbons (Fsp3) is 0.267. The van der Waals surface area contributed by atoms with E-state index in [0.29, 0.717) is 17.9 Å². The summed E-state index contributed by atoms with van der Waals surface area (Å²) >= 11 is 0. The van der Waals surface area contributed by atoms with E-state index in [9.17, 15) is 10.1 Å². The summed E-state index contributed by atoms with van der Waals surface area (Å²) in [6.45, 7) is 3.95. The first-order valence-corrected chi connectivity index (χ1v) is 6.50. The Bertz CT molecular complexity index is 654. The van der Waals surface area contributed by atoms with Gasteiger partial charge in [0.25, 0.3) is 0 Å². The molecule has 0 atom stereocenters. The highest BCUT2D eigenvalue weighted by Gasteiger charge is 2.19. The van der Waals surface area contributed by atoms with Crippen LogP contribution in [0.4, 0.5) is 11.4 Å². The van der Waals surface area contributed by atoms with Gasteiger partial charge in [0, 0.05) is 12.2 Å². The zero-order valence-electron chi connectivity index (χ0n) is 12.2. The number of aryl methyl sites for hydroxylation is 2. The smallest absolute Gasteiger partial charge is 0.313 e. The quantitative estimate of drug-likeness (QED) is 0.674. The molecule has 0 spiro atoms. The van der Waals surface area contributed by atoms with Crippen molar-refractivity contribution in [3.8, 4) is 5.75 Å². The average Bonchev–Trinajstić information content (AvgIpc) is 2.44. The summed E-state index contributed by atoms with van der Waals surface area (Å²) in [5.74, 6) is 0.778. The summed E-state index contributed by atoms with van der Waals surface area (Å²) in [4.78, 5) is 14.9. The lowest BCUT2D eigenvalue weighted by Gasteiger charge is -2.10. The lowest BCUT2D eigenvalue weighted by molar-refractivity contribution is -0.384. The summed E-state index contributed by atoms with van der Waals surface area (Å²) in [6, 6.07) is 9.23. The first-order chi connectivity index (χ1) is 10.0. The van der Waals surface area contributed by atoms with Crippen molar-refractivity contribution < 1.29 is 9.66 Å². The molecule has 2 rings (SSSR count). The topological polar surface area (TPSA) is 77.3 Å². The van der Waals surface area contributed by atoms with E-state index in [4.69, 9.17) is 4.74 Å². The third kappa shape index (κ3) is 3.47. The first-order valence-electron chi connectivity index (χ1n) is 6.50. The van der Waals surface area contributed by atoms with Crippen LogP contribution in [0.25, 0.3) is 0 Å². The van der Waals surface area contributed by atoms with E-state index in [1.54, 1.807) is 20.1 Å². The van der Waals surface area contributed by atoms with Crippen molar-refractivity contribution >= 4 is 11.4 Å². The molecule has 0 saturated heterocycles. The van der Waals surface area contributed by atoms with Crippen molar-refractivity contribution in [3.05, 3.63) is 57.4 Å². The lowest BCUT2D eigenvalue weighted by Crippen LogP contribution is -2.06. The van der Waals surface area contributed by atoms with Gasteiger partial charge in [0.15, 0.2) is 0 Å². The van der Waals surface area contributed by atoms with Crippen LogP contribution in [0.2, 0.25) is 0 Å². The highest BCUT2D eigenvalue weighted by Crippen LogP contribution is 2.28. The van der Waals surface area contributed by atoms with Crippen molar-refractivity contribution in [1.29, 1.82) is 0 Å². The van der Waals surface area contributed by atoms with Crippen LogP contribution in [-0.2, 0) is 6.54 Å². The van der Waals surface area contributed by atoms with Gasteiger partial charge in [-0.15, -0.1) is 0 Å². The molecule has 0 amide bonds. The maximum absolute atomic E-state index is 11.2. The van der Waals surface area contributed by atoms with Gasteiger partial charge >= 0.3 is 5.69 Å². The Morgan fingerprint density at radius 1 is 1.29 bits per heavy atom. The molecule has 0 aliphatic heterocycles. The number of pyridine rings is 1. The third-order valence-electron chi connectivity index (χ3n) is 3.12. The number of rotatable bonds is 5. The number of ether oxygens (including phenoxy) is 1. The van der Waals surface area contributed by atoms with E-state index in [1.165, 1.54) is 0 Å². The molecule has 1 heterocycles. The van der Waals surface area contributed by atoms with E-state index in [0.717, 1.165) is 17.0 Å². The molecule has 110 valence electrons. The number of nitrogens with zero attached hydrogens (tertiary/aromatic N) is 2. The molecule has 0 radical (unpaired) electrons. The van der Waals surface area contributed by atoms with Crippen molar-refractivity contribution in [2.45, 2.75) is 20.4 Å². The van der Waals surface area contributed by atoms with Gasteiger partial charge in [0.05, 0.1) is 12.0 Å². The van der Waals surface area contributed by atoms with Crippen LogP contribution in [-0.4, -0.2) is 17.0 Å². The molecule has 1 aromatic carbocycles. The molecular weight excluding hydrogens is 270 g/mol. The summed E-state index contributed by atoms with van der Waals surface area (Å²) in [5.41, 5.74) is 2.68. The Morgan fingerprint density at radius 2 is 1.95 bits per heavy atom. The van der Waals surface area contributed by atoms with Gasteiger partial charge in [-0.05, 0) is 37.6 Å². The van der Waals surface area contributed by atoms with Gasteiger partial charge in [0.2, 0.25) is 0 Å². The molecule has 6 nitrogen and oxygen atoms in total. The minimum Gasteiger partial charge on any atom is -0.497 e. The number of nitro groups is 1. The highest BCUT2D eigenvalue weighted by molar-refractivity contribution is 5.64. The zero-order valence-corrected chi connectivity index (χ0v) is 12.2. The highest BCUT2D eigenvalue weighted by atomic mass is 16.6. The fourth-order valence-electron chi connectivity index (χ4n) is 2.13. The van der Waals surface area contributed by atoms with Crippen LogP contribution in [0.1, 0.15) is 17.0 Å². The Morgan fingerprint density at radius 3 is 2.52 bits per heavy atom. The molecule has 0 fully saturated rings. The molecule has 1 N–H and O–H groups in total. The van der Waals surface area contributed by atoms with Crippen LogP contribution >= 0.6 is 0 Å². The Balaban J connectivity index is 2.20. The van der Waals surface area contributed by atoms with Gasteiger partial charge in [-0.3, -0.25) is 15.1 Å². The molecule has 0 aliphatic rings. The predicted molar refractivity (Wildman–Crippen MR) is 80.7 cm³/mol. The average molecular weight is 287 g/mol. The number of aromatic nitrogens is 1. The second-order valence-corrected chi connectivity index (χ2v) is 4.70. The van der Waals surface area contributed by atoms with Gasteiger partial charge in [-0.2, -0.15) is 0 Å². The number of methoxy groups -OCH3 is 1. The molecule has 21 heavy (non-hydrogen) atoms. The molecule has 1 aromatic heterocycles. The number of nitrogens with one attached hydrogen (secondary N) is 1. The second-order valence-electron chi connectivity index (χ2n) is 4.70. The predicted octanol–water partition coefficient (Wildman–Crippen LogP) is 3.23. The van der Waals surface area contributed by atoms with Crippen LogP contribution in [0.15, 0.2) is 30.3 Å². The number of benzene rings is 1. The van der Waals surface area contributed by atoms with Crippen molar-refractivity contribution in [2.75, 3.05) is 12.4 Å². The molecule has 0 saturated carbocycles. The Kier molecular flexibility index (Phi) is 4.37. The second kappa shape index (κ2) is 6.21. The van der Waals surface area contributed by atoms with Crippen molar-refractivity contribution in [1.82, 2.24) is 4.98 Å².